The van der Waals surface area contributed by atoms with Gasteiger partial charge in [0.25, 0.3) is 0 Å². The highest BCUT2D eigenvalue weighted by molar-refractivity contribution is 5.72. The number of hydrogen-bond donors (Lipinski definition) is 0. The van der Waals surface area contributed by atoms with Crippen molar-refractivity contribution in [1.82, 2.24) is 0 Å². The van der Waals surface area contributed by atoms with Gasteiger partial charge in [-0.15, -0.1) is 0 Å². The Morgan fingerprint density at radius 3 is 2.47 bits per heavy atom. The van der Waals surface area contributed by atoms with Gasteiger partial charge in [0, 0.05) is 12.8 Å². The molecule has 0 saturated carbocycles. The zero-order valence-corrected chi connectivity index (χ0v) is 9.98. The molecule has 0 bridgehead atoms. The van der Waals surface area contributed by atoms with Crippen molar-refractivity contribution < 1.29 is 28.5 Å². The molecular weight excluding hydrogens is 228 g/mol. The zero-order valence-electron chi connectivity index (χ0n) is 9.98. The van der Waals surface area contributed by atoms with Crippen molar-refractivity contribution in [2.45, 2.75) is 32.3 Å². The molecule has 0 aliphatic carbocycles. The van der Waals surface area contributed by atoms with E-state index in [0.29, 0.717) is 26.2 Å². The Morgan fingerprint density at radius 1 is 1.18 bits per heavy atom. The predicted molar refractivity (Wildman–Crippen MR) is 57.1 cm³/mol. The molecule has 1 fully saturated rings. The predicted octanol–water partition coefficient (Wildman–Crippen LogP) is 0.636. The number of ether oxygens (including phenoxy) is 4. The second-order valence-electron chi connectivity index (χ2n) is 3.63. The standard InChI is InChI=1S/C11H18O6/c1-2-16-10(12)4-3-5-11(13)17-9-6-14-8-15-7-9/h9H,2-8H2,1H3. The number of esters is 2. The molecular formula is C11H18O6. The Morgan fingerprint density at radius 2 is 1.82 bits per heavy atom. The summed E-state index contributed by atoms with van der Waals surface area (Å²) in [5.74, 6) is -0.627. The molecule has 0 radical (unpaired) electrons. The summed E-state index contributed by atoms with van der Waals surface area (Å²) in [7, 11) is 0. The molecule has 1 aliphatic heterocycles. The van der Waals surface area contributed by atoms with Crippen molar-refractivity contribution in [3.8, 4) is 0 Å². The maximum atomic E-state index is 11.4. The minimum Gasteiger partial charge on any atom is -0.466 e. The number of carbonyl (C=O) groups excluding carboxylic acids is 2. The minimum absolute atomic E-state index is 0.204. The van der Waals surface area contributed by atoms with Crippen LogP contribution in [0.4, 0.5) is 0 Å². The molecule has 0 aromatic carbocycles. The third-order valence-corrected chi connectivity index (χ3v) is 2.14. The topological polar surface area (TPSA) is 71.1 Å². The van der Waals surface area contributed by atoms with E-state index >= 15 is 0 Å². The van der Waals surface area contributed by atoms with Gasteiger partial charge >= 0.3 is 11.9 Å². The summed E-state index contributed by atoms with van der Waals surface area (Å²) in [6.45, 7) is 3.08. The van der Waals surface area contributed by atoms with Gasteiger partial charge in [-0.05, 0) is 13.3 Å². The SMILES string of the molecule is CCOC(=O)CCCC(=O)OC1COCOC1. The van der Waals surface area contributed by atoms with Crippen LogP contribution in [0.15, 0.2) is 0 Å². The van der Waals surface area contributed by atoms with E-state index in [2.05, 4.69) is 0 Å². The third-order valence-electron chi connectivity index (χ3n) is 2.14. The molecule has 0 atom stereocenters. The summed E-state index contributed by atoms with van der Waals surface area (Å²) in [5.41, 5.74) is 0. The van der Waals surface area contributed by atoms with E-state index in [1.165, 1.54) is 0 Å². The summed E-state index contributed by atoms with van der Waals surface area (Å²) in [6, 6.07) is 0. The lowest BCUT2D eigenvalue weighted by atomic mass is 10.2. The Hall–Kier alpha value is -1.14. The normalized spacial score (nSPS) is 16.5. The fourth-order valence-corrected chi connectivity index (χ4v) is 1.39. The van der Waals surface area contributed by atoms with Crippen LogP contribution >= 0.6 is 0 Å². The summed E-state index contributed by atoms with van der Waals surface area (Å²) in [4.78, 5) is 22.4. The molecule has 6 heteroatoms. The largest absolute Gasteiger partial charge is 0.466 e. The summed E-state index contributed by atoms with van der Waals surface area (Å²) in [5, 5.41) is 0. The van der Waals surface area contributed by atoms with Crippen LogP contribution in [0.3, 0.4) is 0 Å². The fraction of sp³-hybridized carbons (Fsp3) is 0.818. The van der Waals surface area contributed by atoms with Crippen LogP contribution in [-0.4, -0.2) is 44.7 Å². The maximum absolute atomic E-state index is 11.4. The molecule has 0 N–H and O–H groups in total. The van der Waals surface area contributed by atoms with E-state index in [0.717, 1.165) is 0 Å². The molecule has 0 aromatic rings. The van der Waals surface area contributed by atoms with Crippen molar-refractivity contribution in [3.05, 3.63) is 0 Å². The second-order valence-corrected chi connectivity index (χ2v) is 3.63. The van der Waals surface area contributed by atoms with Gasteiger partial charge in [-0.1, -0.05) is 0 Å². The van der Waals surface area contributed by atoms with E-state index in [4.69, 9.17) is 18.9 Å². The quantitative estimate of drug-likeness (QED) is 0.640. The van der Waals surface area contributed by atoms with Gasteiger partial charge in [0.1, 0.15) is 12.9 Å². The van der Waals surface area contributed by atoms with Crippen molar-refractivity contribution in [2.75, 3.05) is 26.6 Å². The smallest absolute Gasteiger partial charge is 0.306 e. The molecule has 1 heterocycles. The van der Waals surface area contributed by atoms with Gasteiger partial charge < -0.3 is 18.9 Å². The van der Waals surface area contributed by atoms with Crippen LogP contribution in [0.2, 0.25) is 0 Å². The third kappa shape index (κ3) is 6.23. The van der Waals surface area contributed by atoms with Gasteiger partial charge in [-0.2, -0.15) is 0 Å². The number of rotatable bonds is 6. The Kier molecular flexibility index (Phi) is 6.57. The monoisotopic (exact) mass is 246 g/mol. The lowest BCUT2D eigenvalue weighted by Crippen LogP contribution is -2.33. The van der Waals surface area contributed by atoms with Crippen LogP contribution in [0.1, 0.15) is 26.2 Å². The first-order valence-corrected chi connectivity index (χ1v) is 5.73. The Labute approximate surface area is 100 Å². The summed E-state index contributed by atoms with van der Waals surface area (Å²) >= 11 is 0. The second kappa shape index (κ2) is 8.03. The van der Waals surface area contributed by atoms with Crippen LogP contribution in [-0.2, 0) is 28.5 Å². The number of hydrogen-bond acceptors (Lipinski definition) is 6. The molecule has 17 heavy (non-hydrogen) atoms. The lowest BCUT2D eigenvalue weighted by molar-refractivity contribution is -0.183. The van der Waals surface area contributed by atoms with Crippen molar-refractivity contribution in [3.63, 3.8) is 0 Å². The maximum Gasteiger partial charge on any atom is 0.306 e. The van der Waals surface area contributed by atoms with Crippen molar-refractivity contribution >= 4 is 11.9 Å². The minimum atomic E-state index is -0.339. The van der Waals surface area contributed by atoms with Gasteiger partial charge in [-0.25, -0.2) is 0 Å². The number of carbonyl (C=O) groups is 2. The molecule has 0 spiro atoms. The van der Waals surface area contributed by atoms with Gasteiger partial charge in [0.15, 0.2) is 0 Å². The molecule has 1 rings (SSSR count). The molecule has 98 valence electrons. The van der Waals surface area contributed by atoms with Crippen molar-refractivity contribution in [2.24, 2.45) is 0 Å². The molecule has 1 saturated heterocycles. The molecule has 0 aromatic heterocycles. The lowest BCUT2D eigenvalue weighted by Gasteiger charge is -2.22. The van der Waals surface area contributed by atoms with E-state index in [-0.39, 0.29) is 37.7 Å². The van der Waals surface area contributed by atoms with Gasteiger partial charge in [0.05, 0.1) is 19.8 Å². The van der Waals surface area contributed by atoms with Crippen LogP contribution in [0.25, 0.3) is 0 Å². The fourth-order valence-electron chi connectivity index (χ4n) is 1.39. The highest BCUT2D eigenvalue weighted by Gasteiger charge is 2.18. The first-order chi connectivity index (χ1) is 8.22. The molecule has 0 unspecified atom stereocenters. The van der Waals surface area contributed by atoms with E-state index < -0.39 is 0 Å². The summed E-state index contributed by atoms with van der Waals surface area (Å²) < 4.78 is 19.8. The highest BCUT2D eigenvalue weighted by Crippen LogP contribution is 2.06. The van der Waals surface area contributed by atoms with Gasteiger partial charge in [-0.3, -0.25) is 9.59 Å². The average Bonchev–Trinajstić information content (AvgIpc) is 2.30. The van der Waals surface area contributed by atoms with E-state index in [1.807, 2.05) is 0 Å². The van der Waals surface area contributed by atoms with Crippen LogP contribution in [0.5, 0.6) is 0 Å². The summed E-state index contributed by atoms with van der Waals surface area (Å²) in [6.07, 6.45) is 0.543. The van der Waals surface area contributed by atoms with E-state index in [1.54, 1.807) is 6.92 Å². The first-order valence-electron chi connectivity index (χ1n) is 5.73. The zero-order chi connectivity index (χ0) is 12.5. The van der Waals surface area contributed by atoms with Crippen molar-refractivity contribution in [1.29, 1.82) is 0 Å². The first kappa shape index (κ1) is 13.9. The Bertz CT molecular complexity index is 246. The average molecular weight is 246 g/mol. The Balaban J connectivity index is 2.06. The highest BCUT2D eigenvalue weighted by atomic mass is 16.7. The molecule has 1 aliphatic rings. The molecule has 0 amide bonds. The van der Waals surface area contributed by atoms with Crippen LogP contribution in [0, 0.1) is 0 Å². The van der Waals surface area contributed by atoms with E-state index in [9.17, 15) is 9.59 Å². The van der Waals surface area contributed by atoms with Gasteiger partial charge in [0.2, 0.25) is 0 Å². The van der Waals surface area contributed by atoms with Crippen LogP contribution < -0.4 is 0 Å². The molecule has 6 nitrogen and oxygen atoms in total.